The van der Waals surface area contributed by atoms with E-state index in [0.717, 1.165) is 17.7 Å². The van der Waals surface area contributed by atoms with E-state index in [0.29, 0.717) is 23.9 Å². The van der Waals surface area contributed by atoms with Crippen LogP contribution in [0.1, 0.15) is 33.1 Å². The van der Waals surface area contributed by atoms with Crippen molar-refractivity contribution < 1.29 is 13.2 Å². The number of nitrogens with zero attached hydrogens (tertiary/aromatic N) is 1. The van der Waals surface area contributed by atoms with Crippen molar-refractivity contribution in [2.45, 2.75) is 33.1 Å². The van der Waals surface area contributed by atoms with Gasteiger partial charge in [-0.3, -0.25) is 9.52 Å². The average Bonchev–Trinajstić information content (AvgIpc) is 3.18. The number of aromatic nitrogens is 1. The van der Waals surface area contributed by atoms with Gasteiger partial charge >= 0.3 is 0 Å². The fourth-order valence-electron chi connectivity index (χ4n) is 4.66. The summed E-state index contributed by atoms with van der Waals surface area (Å²) in [5.74, 6) is 0.255. The molecule has 2 saturated carbocycles. The lowest BCUT2D eigenvalue weighted by molar-refractivity contribution is -0.128. The van der Waals surface area contributed by atoms with Crippen LogP contribution in [0.2, 0.25) is 0 Å². The summed E-state index contributed by atoms with van der Waals surface area (Å²) in [6.07, 6.45) is 2.11. The summed E-state index contributed by atoms with van der Waals surface area (Å²) < 4.78 is 28.2. The van der Waals surface area contributed by atoms with Gasteiger partial charge in [0.05, 0.1) is 16.9 Å². The van der Waals surface area contributed by atoms with Crippen molar-refractivity contribution in [2.75, 3.05) is 10.5 Å². The predicted octanol–water partition coefficient (Wildman–Crippen LogP) is 3.95. The van der Waals surface area contributed by atoms with Crippen LogP contribution in [0.25, 0.3) is 11.3 Å². The van der Waals surface area contributed by atoms with Gasteiger partial charge in [-0.2, -0.15) is 0 Å². The van der Waals surface area contributed by atoms with E-state index >= 15 is 0 Å². The van der Waals surface area contributed by atoms with E-state index < -0.39 is 15.4 Å². The summed E-state index contributed by atoms with van der Waals surface area (Å²) in [4.78, 5) is 17.0. The summed E-state index contributed by atoms with van der Waals surface area (Å²) in [7, 11) is -3.66. The molecule has 0 aliphatic heterocycles. The van der Waals surface area contributed by atoms with Crippen LogP contribution in [0.15, 0.2) is 35.7 Å². The van der Waals surface area contributed by atoms with E-state index in [1.54, 1.807) is 0 Å². The molecule has 1 heterocycles. The Morgan fingerprint density at radius 1 is 1.27 bits per heavy atom. The molecule has 1 aromatic carbocycles. The number of nitrogens with one attached hydrogen (secondary N) is 1. The molecule has 0 amide bonds. The van der Waals surface area contributed by atoms with E-state index in [9.17, 15) is 13.2 Å². The number of hydrogen-bond acceptors (Lipinski definition) is 5. The molecule has 2 aromatic rings. The topological polar surface area (TPSA) is 76.1 Å². The SMILES string of the molecule is CC1(C)[C@H]2CC[C@@]1(CS(=O)(=O)Nc1nc(-c3ccccc3)cs1)C(=O)C2. The van der Waals surface area contributed by atoms with Crippen molar-refractivity contribution in [2.24, 2.45) is 16.7 Å². The van der Waals surface area contributed by atoms with Crippen LogP contribution in [0.4, 0.5) is 5.13 Å². The molecule has 0 unspecified atom stereocenters. The zero-order chi connectivity index (χ0) is 18.6. The smallest absolute Gasteiger partial charge is 0.235 e. The van der Waals surface area contributed by atoms with Crippen LogP contribution in [-0.2, 0) is 14.8 Å². The monoisotopic (exact) mass is 390 g/mol. The zero-order valence-electron chi connectivity index (χ0n) is 14.9. The van der Waals surface area contributed by atoms with Gasteiger partial charge < -0.3 is 0 Å². The molecular weight excluding hydrogens is 368 g/mol. The molecule has 4 rings (SSSR count). The fraction of sp³-hybridized carbons (Fsp3) is 0.474. The maximum Gasteiger partial charge on any atom is 0.235 e. The molecule has 2 aliphatic carbocycles. The first-order valence-electron chi connectivity index (χ1n) is 8.78. The van der Waals surface area contributed by atoms with Gasteiger partial charge in [0, 0.05) is 17.4 Å². The summed E-state index contributed by atoms with van der Waals surface area (Å²) in [6.45, 7) is 4.09. The number of ketones is 1. The molecule has 5 nitrogen and oxygen atoms in total. The number of carbonyl (C=O) groups excluding carboxylic acids is 1. The van der Waals surface area contributed by atoms with Gasteiger partial charge in [0.1, 0.15) is 5.78 Å². The Kier molecular flexibility index (Phi) is 4.00. The van der Waals surface area contributed by atoms with E-state index in [4.69, 9.17) is 0 Å². The minimum atomic E-state index is -3.66. The number of sulfonamides is 1. The number of thiazole rings is 1. The third-order valence-electron chi connectivity index (χ3n) is 6.39. The molecule has 2 fully saturated rings. The van der Waals surface area contributed by atoms with Crippen molar-refractivity contribution in [3.05, 3.63) is 35.7 Å². The number of anilines is 1. The highest BCUT2D eigenvalue weighted by atomic mass is 32.2. The van der Waals surface area contributed by atoms with E-state index in [-0.39, 0.29) is 17.0 Å². The second kappa shape index (κ2) is 5.89. The van der Waals surface area contributed by atoms with E-state index in [1.165, 1.54) is 11.3 Å². The molecule has 26 heavy (non-hydrogen) atoms. The van der Waals surface area contributed by atoms with Crippen LogP contribution >= 0.6 is 11.3 Å². The van der Waals surface area contributed by atoms with Gasteiger partial charge in [0.25, 0.3) is 0 Å². The molecule has 0 radical (unpaired) electrons. The minimum Gasteiger partial charge on any atom is -0.299 e. The molecule has 2 aliphatic rings. The maximum atomic E-state index is 12.8. The lowest BCUT2D eigenvalue weighted by atomic mass is 9.70. The number of hydrogen-bond donors (Lipinski definition) is 1. The first-order valence-corrected chi connectivity index (χ1v) is 11.3. The largest absolute Gasteiger partial charge is 0.299 e. The van der Waals surface area contributed by atoms with Crippen molar-refractivity contribution >= 4 is 32.3 Å². The zero-order valence-corrected chi connectivity index (χ0v) is 16.5. The normalized spacial score (nSPS) is 27.0. The Morgan fingerprint density at radius 3 is 2.62 bits per heavy atom. The lowest BCUT2D eigenvalue weighted by Gasteiger charge is -2.36. The number of Topliss-reactive ketones (excluding diaryl/α,β-unsaturated/α-hetero) is 1. The molecule has 7 heteroatoms. The highest BCUT2D eigenvalue weighted by Crippen LogP contribution is 2.64. The highest BCUT2D eigenvalue weighted by Gasteiger charge is 2.65. The van der Waals surface area contributed by atoms with Crippen molar-refractivity contribution in [1.82, 2.24) is 4.98 Å². The Hall–Kier alpha value is -1.73. The van der Waals surface area contributed by atoms with Gasteiger partial charge in [0.2, 0.25) is 10.0 Å². The average molecular weight is 391 g/mol. The van der Waals surface area contributed by atoms with Gasteiger partial charge in [-0.25, -0.2) is 13.4 Å². The summed E-state index contributed by atoms with van der Waals surface area (Å²) in [6, 6.07) is 9.63. The molecule has 0 spiro atoms. The number of rotatable bonds is 5. The molecule has 2 bridgehead atoms. The Bertz CT molecular complexity index is 950. The molecular formula is C19H22N2O3S2. The summed E-state index contributed by atoms with van der Waals surface area (Å²) >= 11 is 1.26. The van der Waals surface area contributed by atoms with Crippen LogP contribution < -0.4 is 4.72 Å². The molecule has 2 atom stereocenters. The van der Waals surface area contributed by atoms with E-state index in [1.807, 2.05) is 49.6 Å². The summed E-state index contributed by atoms with van der Waals surface area (Å²) in [5.41, 5.74) is 0.656. The van der Waals surface area contributed by atoms with Crippen LogP contribution in [-0.4, -0.2) is 24.9 Å². The third kappa shape index (κ3) is 2.68. The number of benzene rings is 1. The quantitative estimate of drug-likeness (QED) is 0.839. The minimum absolute atomic E-state index is 0.105. The Morgan fingerprint density at radius 2 is 2.00 bits per heavy atom. The molecule has 0 saturated heterocycles. The van der Waals surface area contributed by atoms with Crippen LogP contribution in [0.5, 0.6) is 0 Å². The number of carbonyl (C=O) groups is 1. The van der Waals surface area contributed by atoms with Crippen LogP contribution in [0, 0.1) is 16.7 Å². The van der Waals surface area contributed by atoms with E-state index in [2.05, 4.69) is 9.71 Å². The van der Waals surface area contributed by atoms with Gasteiger partial charge in [-0.15, -0.1) is 11.3 Å². The van der Waals surface area contributed by atoms with Crippen molar-refractivity contribution in [3.63, 3.8) is 0 Å². The fourth-order valence-corrected chi connectivity index (χ4v) is 7.51. The molecule has 1 aromatic heterocycles. The molecule has 138 valence electrons. The lowest BCUT2D eigenvalue weighted by Crippen LogP contribution is -2.43. The van der Waals surface area contributed by atoms with Gasteiger partial charge in [-0.05, 0) is 24.2 Å². The maximum absolute atomic E-state index is 12.8. The first-order chi connectivity index (χ1) is 12.2. The predicted molar refractivity (Wildman–Crippen MR) is 104 cm³/mol. The Labute approximate surface area is 157 Å². The van der Waals surface area contributed by atoms with Crippen molar-refractivity contribution in [3.8, 4) is 11.3 Å². The second-order valence-corrected chi connectivity index (χ2v) is 10.5. The second-order valence-electron chi connectivity index (χ2n) is 7.93. The third-order valence-corrected chi connectivity index (χ3v) is 8.66. The van der Waals surface area contributed by atoms with Crippen LogP contribution in [0.3, 0.4) is 0 Å². The first kappa shape index (κ1) is 17.7. The number of fused-ring (bicyclic) bond motifs is 2. The standard InChI is InChI=1S/C19H22N2O3S2/c1-18(2)14-8-9-19(18,16(22)10-14)12-26(23,24)21-17-20-15(11-25-17)13-6-4-3-5-7-13/h3-7,11,14H,8-10,12H2,1-2H3,(H,20,21)/t14-,19+/m0/s1. The highest BCUT2D eigenvalue weighted by molar-refractivity contribution is 7.92. The summed E-state index contributed by atoms with van der Waals surface area (Å²) in [5, 5.41) is 2.18. The Balaban J connectivity index is 1.55. The van der Waals surface area contributed by atoms with Crippen molar-refractivity contribution in [1.29, 1.82) is 0 Å². The van der Waals surface area contributed by atoms with Gasteiger partial charge in [0.15, 0.2) is 5.13 Å². The van der Waals surface area contributed by atoms with Gasteiger partial charge in [-0.1, -0.05) is 44.2 Å². The molecule has 1 N–H and O–H groups in total.